The number of methoxy groups -OCH3 is 1. The molecule has 1 atom stereocenters. The van der Waals surface area contributed by atoms with Gasteiger partial charge in [0.25, 0.3) is 0 Å². The van der Waals surface area contributed by atoms with Crippen LogP contribution in [-0.2, 0) is 6.42 Å². The number of nitrogens with two attached hydrogens (primary N) is 1. The third-order valence-electron chi connectivity index (χ3n) is 2.58. The van der Waals surface area contributed by atoms with Gasteiger partial charge in [-0.15, -0.1) is 0 Å². The van der Waals surface area contributed by atoms with Crippen LogP contribution in [0.2, 0.25) is 5.02 Å². The quantitative estimate of drug-likeness (QED) is 0.920. The summed E-state index contributed by atoms with van der Waals surface area (Å²) in [4.78, 5) is 8.31. The molecule has 5 heteroatoms. The molecule has 4 nitrogen and oxygen atoms in total. The van der Waals surface area contributed by atoms with Crippen LogP contribution in [0.4, 0.5) is 0 Å². The van der Waals surface area contributed by atoms with Gasteiger partial charge in [0, 0.05) is 17.4 Å². The zero-order chi connectivity index (χ0) is 13.0. The van der Waals surface area contributed by atoms with Crippen LogP contribution in [0.1, 0.15) is 17.3 Å². The molecule has 2 N–H and O–H groups in total. The highest BCUT2D eigenvalue weighted by Crippen LogP contribution is 2.22. The Morgan fingerprint density at radius 2 is 2.11 bits per heavy atom. The van der Waals surface area contributed by atoms with Crippen LogP contribution in [-0.4, -0.2) is 17.1 Å². The van der Waals surface area contributed by atoms with E-state index in [1.54, 1.807) is 19.5 Å². The summed E-state index contributed by atoms with van der Waals surface area (Å²) in [6.07, 6.45) is 3.82. The average molecular weight is 264 g/mol. The molecule has 0 amide bonds. The molecule has 1 unspecified atom stereocenters. The third kappa shape index (κ3) is 2.97. The molecule has 0 saturated heterocycles. The number of rotatable bonds is 4. The summed E-state index contributed by atoms with van der Waals surface area (Å²) in [5, 5.41) is 0.700. The number of ether oxygens (including phenoxy) is 1. The first-order valence-corrected chi connectivity index (χ1v) is 5.93. The normalized spacial score (nSPS) is 12.2. The fourth-order valence-corrected chi connectivity index (χ4v) is 1.98. The Bertz CT molecular complexity index is 533. The maximum atomic E-state index is 6.13. The van der Waals surface area contributed by atoms with Crippen LogP contribution in [0, 0.1) is 0 Å². The molecule has 2 aromatic rings. The van der Waals surface area contributed by atoms with Crippen LogP contribution in [0.25, 0.3) is 0 Å². The lowest BCUT2D eigenvalue weighted by atomic mass is 10.0. The zero-order valence-corrected chi connectivity index (χ0v) is 10.8. The molecule has 1 aromatic carbocycles. The van der Waals surface area contributed by atoms with Gasteiger partial charge >= 0.3 is 0 Å². The van der Waals surface area contributed by atoms with Crippen LogP contribution < -0.4 is 10.5 Å². The predicted octanol–water partition coefficient (Wildman–Crippen LogP) is 2.38. The van der Waals surface area contributed by atoms with Gasteiger partial charge < -0.3 is 10.5 Å². The van der Waals surface area contributed by atoms with Gasteiger partial charge in [-0.3, -0.25) is 4.98 Å². The summed E-state index contributed by atoms with van der Waals surface area (Å²) in [6, 6.07) is 7.34. The number of aromatic nitrogens is 2. The highest BCUT2D eigenvalue weighted by atomic mass is 35.5. The second-order valence-corrected chi connectivity index (χ2v) is 4.33. The molecule has 1 aromatic heterocycles. The van der Waals surface area contributed by atoms with Gasteiger partial charge in [-0.25, -0.2) is 4.98 Å². The van der Waals surface area contributed by atoms with Crippen molar-refractivity contribution in [2.24, 2.45) is 5.73 Å². The van der Waals surface area contributed by atoms with Crippen molar-refractivity contribution in [1.82, 2.24) is 9.97 Å². The van der Waals surface area contributed by atoms with Gasteiger partial charge in [0.15, 0.2) is 0 Å². The van der Waals surface area contributed by atoms with E-state index in [1.807, 2.05) is 24.3 Å². The number of halogens is 1. The molecule has 0 aliphatic heterocycles. The second kappa shape index (κ2) is 5.80. The summed E-state index contributed by atoms with van der Waals surface area (Å²) in [5.74, 6) is 0.465. The van der Waals surface area contributed by atoms with Crippen molar-refractivity contribution in [3.63, 3.8) is 0 Å². The van der Waals surface area contributed by atoms with Crippen LogP contribution >= 0.6 is 11.6 Å². The molecule has 1 heterocycles. The van der Waals surface area contributed by atoms with E-state index in [1.165, 1.54) is 0 Å². The Labute approximate surface area is 111 Å². The monoisotopic (exact) mass is 263 g/mol. The van der Waals surface area contributed by atoms with Crippen molar-refractivity contribution in [1.29, 1.82) is 0 Å². The van der Waals surface area contributed by atoms with Crippen molar-refractivity contribution < 1.29 is 4.74 Å². The smallest absolute Gasteiger partial charge is 0.236 e. The molecule has 2 rings (SSSR count). The van der Waals surface area contributed by atoms with Crippen LogP contribution in [0.5, 0.6) is 5.88 Å². The molecular weight excluding hydrogens is 250 g/mol. The lowest BCUT2D eigenvalue weighted by Crippen LogP contribution is -2.16. The fourth-order valence-electron chi connectivity index (χ4n) is 1.76. The molecule has 0 fully saturated rings. The summed E-state index contributed by atoms with van der Waals surface area (Å²) in [7, 11) is 1.56. The van der Waals surface area contributed by atoms with Gasteiger partial charge in [-0.05, 0) is 24.1 Å². The lowest BCUT2D eigenvalue weighted by Gasteiger charge is -2.13. The van der Waals surface area contributed by atoms with Crippen molar-refractivity contribution in [3.05, 3.63) is 52.9 Å². The molecule has 0 spiro atoms. The van der Waals surface area contributed by atoms with Crippen LogP contribution in [0.15, 0.2) is 36.7 Å². The standard InChI is InChI=1S/C13H14ClN3O/c1-18-13-12(16-5-6-17-13)11(15)8-9-3-2-4-10(14)7-9/h2-7,11H,8,15H2,1H3. The summed E-state index contributed by atoms with van der Waals surface area (Å²) >= 11 is 5.94. The first-order valence-electron chi connectivity index (χ1n) is 5.55. The Morgan fingerprint density at radius 1 is 1.33 bits per heavy atom. The molecule has 94 valence electrons. The Hall–Kier alpha value is -1.65. The maximum Gasteiger partial charge on any atom is 0.236 e. The van der Waals surface area contributed by atoms with Gasteiger partial charge in [-0.2, -0.15) is 0 Å². The molecule has 18 heavy (non-hydrogen) atoms. The topological polar surface area (TPSA) is 61.0 Å². The van der Waals surface area contributed by atoms with E-state index in [9.17, 15) is 0 Å². The minimum Gasteiger partial charge on any atom is -0.480 e. The summed E-state index contributed by atoms with van der Waals surface area (Å²) in [5.41, 5.74) is 7.84. The number of hydrogen-bond acceptors (Lipinski definition) is 4. The molecule has 0 saturated carbocycles. The van der Waals surface area contributed by atoms with Crippen molar-refractivity contribution in [2.75, 3.05) is 7.11 Å². The highest BCUT2D eigenvalue weighted by Gasteiger charge is 2.15. The number of hydrogen-bond donors (Lipinski definition) is 1. The van der Waals surface area contributed by atoms with E-state index in [0.717, 1.165) is 5.56 Å². The van der Waals surface area contributed by atoms with Gasteiger partial charge in [0.05, 0.1) is 13.2 Å². The SMILES string of the molecule is COc1nccnc1C(N)Cc1cccc(Cl)c1. The zero-order valence-electron chi connectivity index (χ0n) is 10.0. The highest BCUT2D eigenvalue weighted by molar-refractivity contribution is 6.30. The van der Waals surface area contributed by atoms with Crippen molar-refractivity contribution >= 4 is 11.6 Å². The fraction of sp³-hybridized carbons (Fsp3) is 0.231. The minimum absolute atomic E-state index is 0.271. The third-order valence-corrected chi connectivity index (χ3v) is 2.82. The first-order chi connectivity index (χ1) is 8.70. The summed E-state index contributed by atoms with van der Waals surface area (Å²) < 4.78 is 5.15. The molecule has 0 radical (unpaired) electrons. The number of nitrogens with zero attached hydrogens (tertiary/aromatic N) is 2. The van der Waals surface area contributed by atoms with Gasteiger partial charge in [0.1, 0.15) is 5.69 Å². The van der Waals surface area contributed by atoms with E-state index < -0.39 is 0 Å². The van der Waals surface area contributed by atoms with Crippen LogP contribution in [0.3, 0.4) is 0 Å². The Kier molecular flexibility index (Phi) is 4.12. The number of benzene rings is 1. The van der Waals surface area contributed by atoms with Crippen molar-refractivity contribution in [3.8, 4) is 5.88 Å². The molecule has 0 aliphatic carbocycles. The maximum absolute atomic E-state index is 6.13. The van der Waals surface area contributed by atoms with E-state index in [4.69, 9.17) is 22.1 Å². The first kappa shape index (κ1) is 12.8. The molecule has 0 aliphatic rings. The van der Waals surface area contributed by atoms with E-state index >= 15 is 0 Å². The second-order valence-electron chi connectivity index (χ2n) is 3.89. The van der Waals surface area contributed by atoms with E-state index in [2.05, 4.69) is 9.97 Å². The molecule has 0 bridgehead atoms. The average Bonchev–Trinajstić information content (AvgIpc) is 2.38. The van der Waals surface area contributed by atoms with E-state index in [0.29, 0.717) is 23.0 Å². The van der Waals surface area contributed by atoms with Gasteiger partial charge in [-0.1, -0.05) is 23.7 Å². The van der Waals surface area contributed by atoms with Gasteiger partial charge in [0.2, 0.25) is 5.88 Å². The largest absolute Gasteiger partial charge is 0.480 e. The Balaban J connectivity index is 2.19. The lowest BCUT2D eigenvalue weighted by molar-refractivity contribution is 0.384. The summed E-state index contributed by atoms with van der Waals surface area (Å²) in [6.45, 7) is 0. The Morgan fingerprint density at radius 3 is 2.83 bits per heavy atom. The minimum atomic E-state index is -0.271. The predicted molar refractivity (Wildman–Crippen MR) is 70.7 cm³/mol. The van der Waals surface area contributed by atoms with E-state index in [-0.39, 0.29) is 6.04 Å². The molecular formula is C13H14ClN3O. The van der Waals surface area contributed by atoms with Crippen molar-refractivity contribution in [2.45, 2.75) is 12.5 Å².